The van der Waals surface area contributed by atoms with Gasteiger partial charge in [0.15, 0.2) is 0 Å². The molecule has 0 aromatic heterocycles. The molecule has 0 aliphatic carbocycles. The number of esters is 1. The van der Waals surface area contributed by atoms with Gasteiger partial charge in [-0.25, -0.2) is 4.79 Å². The molecule has 1 N–H and O–H groups in total. The Labute approximate surface area is 144 Å². The van der Waals surface area contributed by atoms with E-state index < -0.39 is 0 Å². The molecule has 0 bridgehead atoms. The molecule has 0 saturated heterocycles. The van der Waals surface area contributed by atoms with Crippen molar-refractivity contribution in [1.29, 1.82) is 0 Å². The van der Waals surface area contributed by atoms with Crippen LogP contribution in [0.4, 0.5) is 0 Å². The highest BCUT2D eigenvalue weighted by Gasteiger charge is 2.16. The summed E-state index contributed by atoms with van der Waals surface area (Å²) in [7, 11) is 0. The van der Waals surface area contributed by atoms with Gasteiger partial charge in [-0.3, -0.25) is 0 Å². The minimum Gasteiger partial charge on any atom is -0.508 e. The van der Waals surface area contributed by atoms with Crippen molar-refractivity contribution >= 4 is 22.3 Å². The van der Waals surface area contributed by atoms with E-state index in [0.717, 1.165) is 46.7 Å². The molecule has 0 unspecified atom stereocenters. The molecule has 0 spiro atoms. The van der Waals surface area contributed by atoms with E-state index >= 15 is 0 Å². The molecule has 0 aliphatic heterocycles. The summed E-state index contributed by atoms with van der Waals surface area (Å²) in [6.07, 6.45) is 3.33. The number of carbonyl (C=O) groups is 1. The Morgan fingerprint density at radius 1 is 1.00 bits per heavy atom. The lowest BCUT2D eigenvalue weighted by atomic mass is 9.94. The van der Waals surface area contributed by atoms with Crippen LogP contribution >= 0.6 is 0 Å². The van der Waals surface area contributed by atoms with Gasteiger partial charge in [0.05, 0.1) is 6.61 Å². The number of phenolic OH excluding ortho intramolecular Hbond substituents is 1. The van der Waals surface area contributed by atoms with Gasteiger partial charge in [0, 0.05) is 5.57 Å². The highest BCUT2D eigenvalue weighted by molar-refractivity contribution is 5.99. The number of benzene rings is 2. The number of hydrogen-bond donors (Lipinski definition) is 1. The molecule has 128 valence electrons. The summed E-state index contributed by atoms with van der Waals surface area (Å²) >= 11 is 0. The van der Waals surface area contributed by atoms with Crippen molar-refractivity contribution in [2.75, 3.05) is 6.61 Å². The number of rotatable bonds is 7. The summed E-state index contributed by atoms with van der Waals surface area (Å²) in [6, 6.07) is 11.4. The van der Waals surface area contributed by atoms with Crippen LogP contribution < -0.4 is 0 Å². The van der Waals surface area contributed by atoms with Crippen molar-refractivity contribution < 1.29 is 14.6 Å². The zero-order chi connectivity index (χ0) is 17.5. The number of unbranched alkanes of at least 4 members (excludes halogenated alkanes) is 1. The molecule has 24 heavy (non-hydrogen) atoms. The Kier molecular flexibility index (Phi) is 6.42. The molecule has 0 atom stereocenters. The van der Waals surface area contributed by atoms with Gasteiger partial charge in [0.2, 0.25) is 0 Å². The van der Waals surface area contributed by atoms with Crippen molar-refractivity contribution in [2.24, 2.45) is 0 Å². The van der Waals surface area contributed by atoms with E-state index in [1.165, 1.54) is 0 Å². The Morgan fingerprint density at radius 2 is 1.71 bits per heavy atom. The van der Waals surface area contributed by atoms with Crippen molar-refractivity contribution in [3.05, 3.63) is 47.5 Å². The average Bonchev–Trinajstić information content (AvgIpc) is 2.59. The van der Waals surface area contributed by atoms with Crippen molar-refractivity contribution in [2.45, 2.75) is 46.5 Å². The smallest absolute Gasteiger partial charge is 0.334 e. The predicted octanol–water partition coefficient (Wildman–Crippen LogP) is 5.46. The Hall–Kier alpha value is -2.29. The maximum Gasteiger partial charge on any atom is 0.334 e. The van der Waals surface area contributed by atoms with Crippen molar-refractivity contribution in [3.63, 3.8) is 0 Å². The van der Waals surface area contributed by atoms with Crippen LogP contribution in [0.25, 0.3) is 16.3 Å². The van der Waals surface area contributed by atoms with E-state index in [9.17, 15) is 9.90 Å². The first-order valence-electron chi connectivity index (χ1n) is 8.73. The second kappa shape index (κ2) is 8.53. The fourth-order valence-corrected chi connectivity index (χ4v) is 2.89. The van der Waals surface area contributed by atoms with Gasteiger partial charge in [-0.05, 0) is 59.4 Å². The Bertz CT molecular complexity index is 744. The first-order chi connectivity index (χ1) is 11.6. The van der Waals surface area contributed by atoms with Crippen LogP contribution in [0.3, 0.4) is 0 Å². The monoisotopic (exact) mass is 326 g/mol. The average molecular weight is 326 g/mol. The topological polar surface area (TPSA) is 46.5 Å². The summed E-state index contributed by atoms with van der Waals surface area (Å²) in [6.45, 7) is 6.61. The summed E-state index contributed by atoms with van der Waals surface area (Å²) in [5.74, 6) is 0.0591. The molecule has 2 aromatic carbocycles. The lowest BCUT2D eigenvalue weighted by Gasteiger charge is -2.14. The highest BCUT2D eigenvalue weighted by atomic mass is 16.5. The van der Waals surface area contributed by atoms with E-state index in [1.807, 2.05) is 25.1 Å². The quantitative estimate of drug-likeness (QED) is 0.417. The van der Waals surface area contributed by atoms with Crippen LogP contribution in [-0.4, -0.2) is 17.7 Å². The number of hydrogen-bond acceptors (Lipinski definition) is 3. The second-order valence-electron chi connectivity index (χ2n) is 5.90. The van der Waals surface area contributed by atoms with E-state index in [1.54, 1.807) is 12.1 Å². The van der Waals surface area contributed by atoms with E-state index in [-0.39, 0.29) is 11.7 Å². The Morgan fingerprint density at radius 3 is 2.38 bits per heavy atom. The van der Waals surface area contributed by atoms with Crippen LogP contribution in [0, 0.1) is 0 Å². The fourth-order valence-electron chi connectivity index (χ4n) is 2.89. The molecule has 3 nitrogen and oxygen atoms in total. The number of aromatic hydroxyl groups is 1. The van der Waals surface area contributed by atoms with Gasteiger partial charge in [0.1, 0.15) is 5.75 Å². The molecule has 0 saturated carbocycles. The third-order valence-corrected chi connectivity index (χ3v) is 4.22. The zero-order valence-electron chi connectivity index (χ0n) is 14.8. The zero-order valence-corrected chi connectivity index (χ0v) is 14.8. The molecular formula is C21H26O3. The first kappa shape index (κ1) is 18.1. The van der Waals surface area contributed by atoms with Gasteiger partial charge < -0.3 is 9.84 Å². The molecular weight excluding hydrogens is 300 g/mol. The molecule has 0 radical (unpaired) electrons. The van der Waals surface area contributed by atoms with Crippen LogP contribution in [0.2, 0.25) is 0 Å². The van der Waals surface area contributed by atoms with Gasteiger partial charge >= 0.3 is 5.97 Å². The minimum atomic E-state index is -0.200. The van der Waals surface area contributed by atoms with Gasteiger partial charge in [-0.15, -0.1) is 0 Å². The number of fused-ring (bicyclic) bond motifs is 1. The normalized spacial score (nSPS) is 12.1. The number of ether oxygens (including phenoxy) is 1. The van der Waals surface area contributed by atoms with Crippen LogP contribution in [0.5, 0.6) is 5.75 Å². The summed E-state index contributed by atoms with van der Waals surface area (Å²) in [4.78, 5) is 12.4. The SMILES string of the molecule is CCCCOC(=O)/C(CC)=C(\CC)c1ccc2cc(O)ccc2c1. The Balaban J connectivity index is 2.39. The van der Waals surface area contributed by atoms with Crippen LogP contribution in [0.15, 0.2) is 42.0 Å². The van der Waals surface area contributed by atoms with Crippen molar-refractivity contribution in [1.82, 2.24) is 0 Å². The summed E-state index contributed by atoms with van der Waals surface area (Å²) < 4.78 is 5.41. The third kappa shape index (κ3) is 4.16. The molecule has 0 heterocycles. The van der Waals surface area contributed by atoms with Gasteiger partial charge in [-0.1, -0.05) is 45.4 Å². The molecule has 0 fully saturated rings. The minimum absolute atomic E-state index is 0.200. The lowest BCUT2D eigenvalue weighted by molar-refractivity contribution is -0.139. The summed E-state index contributed by atoms with van der Waals surface area (Å²) in [5, 5.41) is 11.6. The first-order valence-corrected chi connectivity index (χ1v) is 8.73. The lowest BCUT2D eigenvalue weighted by Crippen LogP contribution is -2.10. The van der Waals surface area contributed by atoms with Crippen molar-refractivity contribution in [3.8, 4) is 5.75 Å². The van der Waals surface area contributed by atoms with E-state index in [4.69, 9.17) is 4.74 Å². The van der Waals surface area contributed by atoms with Crippen LogP contribution in [0.1, 0.15) is 52.0 Å². The highest BCUT2D eigenvalue weighted by Crippen LogP contribution is 2.29. The number of carbonyl (C=O) groups excluding carboxylic acids is 1. The molecule has 2 rings (SSSR count). The predicted molar refractivity (Wildman–Crippen MR) is 99.0 cm³/mol. The number of phenols is 1. The fraction of sp³-hybridized carbons (Fsp3) is 0.381. The summed E-state index contributed by atoms with van der Waals surface area (Å²) in [5.41, 5.74) is 2.83. The largest absolute Gasteiger partial charge is 0.508 e. The van der Waals surface area contributed by atoms with Gasteiger partial charge in [-0.2, -0.15) is 0 Å². The van der Waals surface area contributed by atoms with Crippen LogP contribution in [-0.2, 0) is 9.53 Å². The molecule has 0 aliphatic rings. The maximum absolute atomic E-state index is 12.4. The number of allylic oxidation sites excluding steroid dienone is 1. The molecule has 2 aromatic rings. The standard InChI is InChI=1S/C21H26O3/c1-4-7-12-24-21(23)20(6-3)19(5-2)17-9-8-16-14-18(22)11-10-15(16)13-17/h8-11,13-14,22H,4-7,12H2,1-3H3/b20-19+. The van der Waals surface area contributed by atoms with E-state index in [0.29, 0.717) is 13.0 Å². The second-order valence-corrected chi connectivity index (χ2v) is 5.90. The van der Waals surface area contributed by atoms with E-state index in [2.05, 4.69) is 19.9 Å². The third-order valence-electron chi connectivity index (χ3n) is 4.22. The maximum atomic E-state index is 12.4. The molecule has 0 amide bonds. The molecule has 3 heteroatoms. The van der Waals surface area contributed by atoms with Gasteiger partial charge in [0.25, 0.3) is 0 Å².